The zero-order valence-corrected chi connectivity index (χ0v) is 11.8. The van der Waals surface area contributed by atoms with Gasteiger partial charge in [-0.1, -0.05) is 23.2 Å². The molecular formula is C8H6Cl3N3O3S. The van der Waals surface area contributed by atoms with Crippen molar-refractivity contribution in [2.24, 2.45) is 0 Å². The molecule has 1 amide bonds. The molecule has 1 aliphatic rings. The van der Waals surface area contributed by atoms with Crippen molar-refractivity contribution in [1.29, 1.82) is 0 Å². The fraction of sp³-hybridized carbons (Fsp3) is 0.375. The third kappa shape index (κ3) is 2.69. The van der Waals surface area contributed by atoms with Crippen molar-refractivity contribution < 1.29 is 13.2 Å². The molecule has 1 aromatic heterocycles. The molecule has 2 rings (SSSR count). The van der Waals surface area contributed by atoms with Crippen molar-refractivity contribution in [3.63, 3.8) is 0 Å². The van der Waals surface area contributed by atoms with E-state index in [2.05, 4.69) is 10.2 Å². The lowest BCUT2D eigenvalue weighted by Gasteiger charge is -2.16. The van der Waals surface area contributed by atoms with Gasteiger partial charge in [-0.15, -0.1) is 10.2 Å². The van der Waals surface area contributed by atoms with E-state index in [-0.39, 0.29) is 29.0 Å². The summed E-state index contributed by atoms with van der Waals surface area (Å²) in [7, 11) is 1.43. The van der Waals surface area contributed by atoms with Crippen LogP contribution < -0.4 is 4.90 Å². The van der Waals surface area contributed by atoms with Crippen LogP contribution in [0.15, 0.2) is 6.07 Å². The van der Waals surface area contributed by atoms with Crippen molar-refractivity contribution in [1.82, 2.24) is 10.2 Å². The molecule has 1 atom stereocenters. The summed E-state index contributed by atoms with van der Waals surface area (Å²) in [5, 5.41) is 6.12. The Hall–Kier alpha value is -0.630. The molecule has 0 radical (unpaired) electrons. The van der Waals surface area contributed by atoms with Gasteiger partial charge in [-0.2, -0.15) is 0 Å². The highest BCUT2D eigenvalue weighted by Gasteiger charge is 2.39. The van der Waals surface area contributed by atoms with Gasteiger partial charge in [-0.3, -0.25) is 4.79 Å². The Bertz CT molecular complexity index is 607. The minimum atomic E-state index is -3.80. The predicted octanol–water partition coefficient (Wildman–Crippen LogP) is 1.46. The van der Waals surface area contributed by atoms with Crippen LogP contribution in [0, 0.1) is 0 Å². The van der Waals surface area contributed by atoms with Crippen LogP contribution in [0.2, 0.25) is 10.3 Å². The first kappa shape index (κ1) is 13.8. The largest absolute Gasteiger partial charge is 0.308 e. The molecule has 1 unspecified atom stereocenters. The lowest BCUT2D eigenvalue weighted by atomic mass is 10.4. The van der Waals surface area contributed by atoms with Gasteiger partial charge < -0.3 is 4.90 Å². The van der Waals surface area contributed by atoms with Gasteiger partial charge in [0.25, 0.3) is 0 Å². The first-order valence-electron chi connectivity index (χ1n) is 4.71. The van der Waals surface area contributed by atoms with Gasteiger partial charge in [0.15, 0.2) is 10.3 Å². The molecule has 0 aromatic carbocycles. The number of halogens is 3. The highest BCUT2D eigenvalue weighted by molar-refractivity contribution is 8.14. The molecule has 1 aromatic rings. The summed E-state index contributed by atoms with van der Waals surface area (Å²) in [5.74, 6) is -0.407. The fourth-order valence-electron chi connectivity index (χ4n) is 1.63. The lowest BCUT2D eigenvalue weighted by molar-refractivity contribution is -0.117. The molecule has 98 valence electrons. The molecule has 1 fully saturated rings. The summed E-state index contributed by atoms with van der Waals surface area (Å²) < 4.78 is 22.4. The summed E-state index contributed by atoms with van der Waals surface area (Å²) in [6.07, 6.45) is -0.192. The summed E-state index contributed by atoms with van der Waals surface area (Å²) in [4.78, 5) is 12.9. The number of hydrogen-bond donors (Lipinski definition) is 0. The van der Waals surface area contributed by atoms with Gasteiger partial charge in [0, 0.05) is 29.7 Å². The molecule has 0 saturated carbocycles. The van der Waals surface area contributed by atoms with Crippen LogP contribution in [-0.4, -0.2) is 36.3 Å². The highest BCUT2D eigenvalue weighted by atomic mass is 35.7. The molecule has 2 heterocycles. The highest BCUT2D eigenvalue weighted by Crippen LogP contribution is 2.31. The van der Waals surface area contributed by atoms with Crippen LogP contribution in [0.3, 0.4) is 0 Å². The lowest BCUT2D eigenvalue weighted by Crippen LogP contribution is -2.27. The second kappa shape index (κ2) is 4.80. The number of nitrogens with zero attached hydrogens (tertiary/aromatic N) is 3. The van der Waals surface area contributed by atoms with Gasteiger partial charge in [-0.05, 0) is 0 Å². The maximum Gasteiger partial charge on any atom is 0.237 e. The monoisotopic (exact) mass is 329 g/mol. The normalized spacial score (nSPS) is 20.5. The number of carbonyl (C=O) groups is 1. The summed E-state index contributed by atoms with van der Waals surface area (Å²) in [6, 6.07) is 1.35. The Morgan fingerprint density at radius 3 is 2.56 bits per heavy atom. The molecule has 18 heavy (non-hydrogen) atoms. The van der Waals surface area contributed by atoms with Gasteiger partial charge >= 0.3 is 0 Å². The molecule has 10 heteroatoms. The Morgan fingerprint density at radius 2 is 2.00 bits per heavy atom. The van der Waals surface area contributed by atoms with Crippen LogP contribution in [-0.2, 0) is 13.8 Å². The number of anilines is 1. The Kier molecular flexibility index (Phi) is 3.68. The van der Waals surface area contributed by atoms with E-state index >= 15 is 0 Å². The van der Waals surface area contributed by atoms with Crippen molar-refractivity contribution in [2.75, 3.05) is 11.4 Å². The minimum absolute atomic E-state index is 0.0274. The average molecular weight is 331 g/mol. The average Bonchev–Trinajstić information content (AvgIpc) is 2.64. The third-order valence-electron chi connectivity index (χ3n) is 2.48. The Balaban J connectivity index is 2.35. The van der Waals surface area contributed by atoms with Crippen molar-refractivity contribution >= 4 is 54.5 Å². The molecule has 0 bridgehead atoms. The van der Waals surface area contributed by atoms with E-state index in [1.54, 1.807) is 0 Å². The standard InChI is InChI=1S/C8H6Cl3N3O3S/c9-6-2-5(8(10)13-12-6)14-3-4(1-7(14)15)18(11,16)17/h2,4H,1,3H2. The first-order valence-corrected chi connectivity index (χ1v) is 7.84. The zero-order valence-electron chi connectivity index (χ0n) is 8.68. The Labute approximate surface area is 117 Å². The molecule has 0 N–H and O–H groups in total. The third-order valence-corrected chi connectivity index (χ3v) is 4.80. The van der Waals surface area contributed by atoms with Crippen molar-refractivity contribution in [3.05, 3.63) is 16.4 Å². The molecule has 0 spiro atoms. The number of rotatable bonds is 2. The molecular weight excluding hydrogens is 325 g/mol. The van der Waals surface area contributed by atoms with E-state index in [9.17, 15) is 13.2 Å². The van der Waals surface area contributed by atoms with E-state index in [0.717, 1.165) is 0 Å². The van der Waals surface area contributed by atoms with Crippen LogP contribution in [0.4, 0.5) is 5.69 Å². The molecule has 6 nitrogen and oxygen atoms in total. The van der Waals surface area contributed by atoms with E-state index in [0.29, 0.717) is 0 Å². The second-order valence-corrected chi connectivity index (χ2v) is 7.30. The summed E-state index contributed by atoms with van der Waals surface area (Å²) in [5.41, 5.74) is 0.226. The first-order chi connectivity index (χ1) is 8.29. The van der Waals surface area contributed by atoms with Crippen molar-refractivity contribution in [3.8, 4) is 0 Å². The van der Waals surface area contributed by atoms with Gasteiger partial charge in [0.1, 0.15) is 5.25 Å². The van der Waals surface area contributed by atoms with E-state index in [1.165, 1.54) is 11.0 Å². The topological polar surface area (TPSA) is 80.2 Å². The van der Waals surface area contributed by atoms with Gasteiger partial charge in [0.2, 0.25) is 15.0 Å². The van der Waals surface area contributed by atoms with Crippen LogP contribution in [0.1, 0.15) is 6.42 Å². The smallest absolute Gasteiger partial charge is 0.237 e. The molecule has 1 saturated heterocycles. The maximum absolute atomic E-state index is 11.7. The number of aromatic nitrogens is 2. The fourth-order valence-corrected chi connectivity index (χ4v) is 2.99. The summed E-state index contributed by atoms with van der Waals surface area (Å²) in [6.45, 7) is -0.0770. The molecule has 1 aliphatic heterocycles. The predicted molar refractivity (Wildman–Crippen MR) is 67.6 cm³/mol. The van der Waals surface area contributed by atoms with Gasteiger partial charge in [-0.25, -0.2) is 8.42 Å². The zero-order chi connectivity index (χ0) is 13.5. The van der Waals surface area contributed by atoms with Crippen LogP contribution in [0.25, 0.3) is 0 Å². The van der Waals surface area contributed by atoms with E-state index < -0.39 is 20.2 Å². The van der Waals surface area contributed by atoms with Gasteiger partial charge in [0.05, 0.1) is 5.69 Å². The number of carbonyl (C=O) groups excluding carboxylic acids is 1. The van der Waals surface area contributed by atoms with Crippen molar-refractivity contribution in [2.45, 2.75) is 11.7 Å². The molecule has 0 aliphatic carbocycles. The summed E-state index contributed by atoms with van der Waals surface area (Å²) >= 11 is 11.4. The Morgan fingerprint density at radius 1 is 1.33 bits per heavy atom. The number of amides is 1. The quantitative estimate of drug-likeness (QED) is 0.767. The number of hydrogen-bond acceptors (Lipinski definition) is 5. The maximum atomic E-state index is 11.7. The van der Waals surface area contributed by atoms with E-state index in [4.69, 9.17) is 33.9 Å². The SMILES string of the molecule is O=C1CC(S(=O)(=O)Cl)CN1c1cc(Cl)nnc1Cl. The van der Waals surface area contributed by atoms with Crippen LogP contribution in [0.5, 0.6) is 0 Å². The minimum Gasteiger partial charge on any atom is -0.308 e. The van der Waals surface area contributed by atoms with E-state index in [1.807, 2.05) is 0 Å². The van der Waals surface area contributed by atoms with Crippen LogP contribution >= 0.6 is 33.9 Å². The second-order valence-electron chi connectivity index (χ2n) is 3.65.